The topological polar surface area (TPSA) is 61.9 Å². The molecule has 156 valence electrons. The van der Waals surface area contributed by atoms with Crippen molar-refractivity contribution >= 4 is 23.4 Å². The molecular formula is C22H28FN3O3. The van der Waals surface area contributed by atoms with Crippen LogP contribution in [-0.2, 0) is 9.53 Å². The van der Waals surface area contributed by atoms with Crippen LogP contribution in [0.5, 0.6) is 0 Å². The number of carbonyl (C=O) groups excluding carboxylic acids is 2. The minimum atomic E-state index is -0.488. The number of rotatable bonds is 5. The Morgan fingerprint density at radius 2 is 1.83 bits per heavy atom. The lowest BCUT2D eigenvalue weighted by Gasteiger charge is -2.37. The van der Waals surface area contributed by atoms with Gasteiger partial charge in [0.2, 0.25) is 5.91 Å². The monoisotopic (exact) mass is 401 g/mol. The number of nitrogens with one attached hydrogen (secondary N) is 1. The molecule has 2 bridgehead atoms. The molecule has 3 heterocycles. The molecule has 1 N–H and O–H groups in total. The van der Waals surface area contributed by atoms with Crippen molar-refractivity contribution in [2.45, 2.75) is 69.6 Å². The van der Waals surface area contributed by atoms with Crippen LogP contribution in [0.1, 0.15) is 51.4 Å². The summed E-state index contributed by atoms with van der Waals surface area (Å²) in [5, 5.41) is 2.88. The second-order valence-electron chi connectivity index (χ2n) is 8.85. The number of nitrogens with zero attached hydrogens (tertiary/aromatic N) is 2. The van der Waals surface area contributed by atoms with E-state index in [2.05, 4.69) is 10.2 Å². The number of hydrogen-bond acceptors (Lipinski definition) is 4. The highest BCUT2D eigenvalue weighted by Crippen LogP contribution is 2.41. The zero-order chi connectivity index (χ0) is 20.0. The highest BCUT2D eigenvalue weighted by atomic mass is 19.1. The van der Waals surface area contributed by atoms with E-state index in [9.17, 15) is 14.0 Å². The lowest BCUT2D eigenvalue weighted by molar-refractivity contribution is -0.127. The lowest BCUT2D eigenvalue weighted by atomic mass is 9.85. The Labute approximate surface area is 170 Å². The third-order valence-corrected chi connectivity index (χ3v) is 7.07. The largest absolute Gasteiger partial charge is 0.442 e. The molecule has 7 heteroatoms. The summed E-state index contributed by atoms with van der Waals surface area (Å²) < 4.78 is 20.4. The van der Waals surface area contributed by atoms with Gasteiger partial charge < -0.3 is 15.0 Å². The van der Waals surface area contributed by atoms with E-state index in [0.717, 1.165) is 44.9 Å². The standard InChI is InChI=1S/C22H28FN3O3/c23-19-11-17(9-10-20(19)26-15-5-2-6-16(26)8-7-15)25-13-18(29-22(25)28)12-24-21(27)14-3-1-4-14/h9-11,14-16,18H,1-8,12-13H2,(H,24,27)/t15?,16?,18-/m0/s1. The van der Waals surface area contributed by atoms with Gasteiger partial charge in [-0.05, 0) is 63.1 Å². The third kappa shape index (κ3) is 3.45. The molecule has 6 nitrogen and oxygen atoms in total. The fraction of sp³-hybridized carbons (Fsp3) is 0.636. The molecule has 0 spiro atoms. The van der Waals surface area contributed by atoms with Crippen LogP contribution in [0.15, 0.2) is 18.2 Å². The summed E-state index contributed by atoms with van der Waals surface area (Å²) in [7, 11) is 0. The minimum Gasteiger partial charge on any atom is -0.442 e. The third-order valence-electron chi connectivity index (χ3n) is 7.07. The average Bonchev–Trinajstić information content (AvgIpc) is 3.14. The van der Waals surface area contributed by atoms with Crippen molar-refractivity contribution in [1.82, 2.24) is 5.32 Å². The number of anilines is 2. The van der Waals surface area contributed by atoms with Crippen LogP contribution >= 0.6 is 0 Å². The Morgan fingerprint density at radius 1 is 1.10 bits per heavy atom. The number of benzene rings is 1. The van der Waals surface area contributed by atoms with E-state index in [1.165, 1.54) is 17.4 Å². The number of piperidine rings is 1. The second kappa shape index (κ2) is 7.50. The van der Waals surface area contributed by atoms with Crippen LogP contribution in [0.4, 0.5) is 20.6 Å². The van der Waals surface area contributed by atoms with E-state index >= 15 is 0 Å². The van der Waals surface area contributed by atoms with E-state index < -0.39 is 12.2 Å². The van der Waals surface area contributed by atoms with Gasteiger partial charge in [0.25, 0.3) is 0 Å². The molecule has 1 aliphatic carbocycles. The summed E-state index contributed by atoms with van der Waals surface area (Å²) in [6.45, 7) is 0.618. The molecule has 1 aromatic carbocycles. The number of cyclic esters (lactones) is 1. The lowest BCUT2D eigenvalue weighted by Crippen LogP contribution is -2.40. The number of fused-ring (bicyclic) bond motifs is 2. The summed E-state index contributed by atoms with van der Waals surface area (Å²) in [5.41, 5.74) is 1.16. The normalized spacial score (nSPS) is 29.0. The Hall–Kier alpha value is -2.31. The van der Waals surface area contributed by atoms with Crippen molar-refractivity contribution in [2.75, 3.05) is 22.9 Å². The van der Waals surface area contributed by atoms with E-state index in [0.29, 0.717) is 36.5 Å². The molecule has 3 aliphatic heterocycles. The van der Waals surface area contributed by atoms with Crippen LogP contribution in [0.2, 0.25) is 0 Å². The Kier molecular flexibility index (Phi) is 4.84. The zero-order valence-electron chi connectivity index (χ0n) is 16.6. The fourth-order valence-corrected chi connectivity index (χ4v) is 5.25. The summed E-state index contributed by atoms with van der Waals surface area (Å²) in [6, 6.07) is 5.94. The maximum absolute atomic E-state index is 15.0. The first-order valence-electron chi connectivity index (χ1n) is 10.9. The number of carbonyl (C=O) groups is 2. The maximum atomic E-state index is 15.0. The molecule has 0 aromatic heterocycles. The summed E-state index contributed by atoms with van der Waals surface area (Å²) in [5.74, 6) is -0.136. The van der Waals surface area contributed by atoms with E-state index in [-0.39, 0.29) is 17.6 Å². The maximum Gasteiger partial charge on any atom is 0.414 e. The van der Waals surface area contributed by atoms with Gasteiger partial charge in [0.15, 0.2) is 0 Å². The molecule has 2 unspecified atom stereocenters. The highest BCUT2D eigenvalue weighted by molar-refractivity contribution is 5.90. The van der Waals surface area contributed by atoms with Gasteiger partial charge in [-0.15, -0.1) is 0 Å². The van der Waals surface area contributed by atoms with Crippen LogP contribution in [0.25, 0.3) is 0 Å². The molecular weight excluding hydrogens is 373 g/mol. The molecule has 1 saturated carbocycles. The SMILES string of the molecule is O=C(NC[C@H]1CN(c2ccc(N3C4CCCC3CC4)c(F)c2)C(=O)O1)C1CCC1. The highest BCUT2D eigenvalue weighted by Gasteiger charge is 2.38. The van der Waals surface area contributed by atoms with Crippen LogP contribution in [0.3, 0.4) is 0 Å². The zero-order valence-corrected chi connectivity index (χ0v) is 16.6. The predicted molar refractivity (Wildman–Crippen MR) is 108 cm³/mol. The van der Waals surface area contributed by atoms with Crippen molar-refractivity contribution < 1.29 is 18.7 Å². The molecule has 4 fully saturated rings. The number of hydrogen-bond donors (Lipinski definition) is 1. The Bertz CT molecular complexity index is 796. The first kappa shape index (κ1) is 18.7. The number of halogens is 1. The van der Waals surface area contributed by atoms with Crippen molar-refractivity contribution in [3.8, 4) is 0 Å². The Morgan fingerprint density at radius 3 is 2.48 bits per heavy atom. The summed E-state index contributed by atoms with van der Waals surface area (Å²) in [4.78, 5) is 28.0. The molecule has 0 radical (unpaired) electrons. The van der Waals surface area contributed by atoms with Gasteiger partial charge in [0, 0.05) is 18.0 Å². The molecule has 3 atom stereocenters. The van der Waals surface area contributed by atoms with Gasteiger partial charge in [-0.1, -0.05) is 6.42 Å². The molecule has 1 aromatic rings. The fourth-order valence-electron chi connectivity index (χ4n) is 5.25. The van der Waals surface area contributed by atoms with Crippen molar-refractivity contribution in [2.24, 2.45) is 5.92 Å². The van der Waals surface area contributed by atoms with E-state index in [1.54, 1.807) is 6.07 Å². The van der Waals surface area contributed by atoms with Crippen molar-refractivity contribution in [3.05, 3.63) is 24.0 Å². The molecule has 3 saturated heterocycles. The van der Waals surface area contributed by atoms with Gasteiger partial charge >= 0.3 is 6.09 Å². The number of ether oxygens (including phenoxy) is 1. The van der Waals surface area contributed by atoms with Crippen molar-refractivity contribution in [3.63, 3.8) is 0 Å². The first-order chi connectivity index (χ1) is 14.1. The van der Waals surface area contributed by atoms with Gasteiger partial charge in [0.05, 0.1) is 24.5 Å². The first-order valence-corrected chi connectivity index (χ1v) is 10.9. The summed E-state index contributed by atoms with van der Waals surface area (Å²) >= 11 is 0. The summed E-state index contributed by atoms with van der Waals surface area (Å²) in [6.07, 6.45) is 7.84. The van der Waals surface area contributed by atoms with Crippen LogP contribution in [-0.4, -0.2) is 43.3 Å². The van der Waals surface area contributed by atoms with Gasteiger partial charge in [-0.3, -0.25) is 9.69 Å². The Balaban J connectivity index is 1.24. The quantitative estimate of drug-likeness (QED) is 0.819. The smallest absolute Gasteiger partial charge is 0.414 e. The molecule has 4 aliphatic rings. The van der Waals surface area contributed by atoms with E-state index in [1.807, 2.05) is 6.07 Å². The van der Waals surface area contributed by atoms with E-state index in [4.69, 9.17) is 4.74 Å². The average molecular weight is 401 g/mol. The molecule has 5 rings (SSSR count). The molecule has 2 amide bonds. The number of amides is 2. The predicted octanol–water partition coefficient (Wildman–Crippen LogP) is 3.59. The van der Waals surface area contributed by atoms with Gasteiger partial charge in [-0.25, -0.2) is 9.18 Å². The van der Waals surface area contributed by atoms with Crippen LogP contribution < -0.4 is 15.1 Å². The molecule has 29 heavy (non-hydrogen) atoms. The van der Waals surface area contributed by atoms with Crippen molar-refractivity contribution in [1.29, 1.82) is 0 Å². The second-order valence-corrected chi connectivity index (χ2v) is 8.85. The van der Waals surface area contributed by atoms with Gasteiger partial charge in [-0.2, -0.15) is 0 Å². The van der Waals surface area contributed by atoms with Gasteiger partial charge in [0.1, 0.15) is 11.9 Å². The van der Waals surface area contributed by atoms with Crippen LogP contribution in [0, 0.1) is 11.7 Å². The minimum absolute atomic E-state index is 0.0392.